The average Bonchev–Trinajstić information content (AvgIpc) is 3.03. The van der Waals surface area contributed by atoms with Crippen molar-refractivity contribution in [1.29, 1.82) is 0 Å². The summed E-state index contributed by atoms with van der Waals surface area (Å²) in [7, 11) is 0. The fraction of sp³-hybridized carbons (Fsp3) is 0.778. The van der Waals surface area contributed by atoms with Gasteiger partial charge in [-0.25, -0.2) is 0 Å². The summed E-state index contributed by atoms with van der Waals surface area (Å²) >= 11 is 2.04. The first-order chi connectivity index (χ1) is 15.8. The minimum atomic E-state index is -1.54. The van der Waals surface area contributed by atoms with Crippen molar-refractivity contribution in [3.8, 4) is 0 Å². The number of aliphatic hydroxyl groups excluding tert-OH is 1. The molecule has 190 valence electrons. The first kappa shape index (κ1) is 26.5. The van der Waals surface area contributed by atoms with Gasteiger partial charge in [-0.3, -0.25) is 15.3 Å². The Kier molecular flexibility index (Phi) is 7.04. The lowest BCUT2D eigenvalue weighted by molar-refractivity contribution is -0.182. The maximum absolute atomic E-state index is 13.4. The molecule has 7 heteroatoms. The van der Waals surface area contributed by atoms with E-state index in [1.54, 1.807) is 12.2 Å². The van der Waals surface area contributed by atoms with Gasteiger partial charge in [0, 0.05) is 16.7 Å². The quantitative estimate of drug-likeness (QED) is 0.180. The van der Waals surface area contributed by atoms with E-state index < -0.39 is 20.9 Å². The van der Waals surface area contributed by atoms with Gasteiger partial charge in [0.05, 0.1) is 6.10 Å². The maximum atomic E-state index is 13.4. The van der Waals surface area contributed by atoms with Crippen molar-refractivity contribution in [1.82, 2.24) is 0 Å². The second-order valence-electron chi connectivity index (χ2n) is 11.7. The number of hydrogen-bond acceptors (Lipinski definition) is 6. The second kappa shape index (κ2) is 9.05. The van der Waals surface area contributed by atoms with Gasteiger partial charge in [0.1, 0.15) is 12.2 Å². The van der Waals surface area contributed by atoms with Crippen LogP contribution in [0.25, 0.3) is 0 Å². The molecule has 0 aliphatic heterocycles. The Morgan fingerprint density at radius 2 is 2.09 bits per heavy atom. The van der Waals surface area contributed by atoms with Crippen LogP contribution in [-0.2, 0) is 14.3 Å². The van der Waals surface area contributed by atoms with Crippen LogP contribution in [0.5, 0.6) is 0 Å². The van der Waals surface area contributed by atoms with Crippen LogP contribution in [0.3, 0.4) is 0 Å². The van der Waals surface area contributed by atoms with Crippen molar-refractivity contribution in [3.63, 3.8) is 0 Å². The van der Waals surface area contributed by atoms with E-state index in [1.165, 1.54) is 0 Å². The molecule has 0 saturated heterocycles. The Labute approximate surface area is 216 Å². The molecule has 0 radical (unpaired) electrons. The number of unbranched alkanes of at least 4 members (excludes halogenated alkanes) is 1. The van der Waals surface area contributed by atoms with Gasteiger partial charge >= 0.3 is 0 Å². The third-order valence-corrected chi connectivity index (χ3v) is 10.6. The molecule has 0 bridgehead atoms. The summed E-state index contributed by atoms with van der Waals surface area (Å²) in [5.74, 6) is 0.131. The first-order valence-electron chi connectivity index (χ1n) is 12.8. The number of aliphatic hydroxyl groups is 2. The Balaban J connectivity index is 1.59. The molecule has 6 nitrogen and oxygen atoms in total. The number of carbonyl (C=O) groups excluding carboxylic acids is 2. The Morgan fingerprint density at radius 3 is 2.76 bits per heavy atom. The third kappa shape index (κ3) is 4.07. The van der Waals surface area contributed by atoms with Gasteiger partial charge in [-0.2, -0.15) is 0 Å². The van der Waals surface area contributed by atoms with Gasteiger partial charge in [-0.05, 0) is 91.0 Å². The summed E-state index contributed by atoms with van der Waals surface area (Å²) in [6, 6.07) is 0. The highest BCUT2D eigenvalue weighted by Crippen LogP contribution is 2.67. The molecule has 1 unspecified atom stereocenters. The lowest BCUT2D eigenvalue weighted by Crippen LogP contribution is -2.62. The third-order valence-electron chi connectivity index (χ3n) is 9.74. The molecule has 0 heterocycles. The second-order valence-corrected chi connectivity index (χ2v) is 13.6. The number of nitrogens with two attached hydrogens (primary N) is 1. The maximum Gasteiger partial charge on any atom is 0.190 e. The minimum Gasteiger partial charge on any atom is -0.393 e. The summed E-state index contributed by atoms with van der Waals surface area (Å²) < 4.78 is 4.85. The largest absolute Gasteiger partial charge is 0.393 e. The summed E-state index contributed by atoms with van der Waals surface area (Å²) in [5.41, 5.74) is 4.67. The smallest absolute Gasteiger partial charge is 0.190 e. The zero-order valence-electron chi connectivity index (χ0n) is 20.9. The zero-order valence-corrected chi connectivity index (χ0v) is 23.0. The zero-order chi connectivity index (χ0) is 25.1. The van der Waals surface area contributed by atoms with Gasteiger partial charge in [0.25, 0.3) is 0 Å². The van der Waals surface area contributed by atoms with Crippen molar-refractivity contribution in [3.05, 3.63) is 23.8 Å². The van der Waals surface area contributed by atoms with Crippen LogP contribution in [-0.4, -0.2) is 43.8 Å². The number of halogens is 1. The molecule has 0 amide bonds. The van der Waals surface area contributed by atoms with Crippen molar-refractivity contribution in [2.45, 2.75) is 88.1 Å². The molecular formula is C27H40INO5. The Bertz CT molecular complexity index is 915. The highest BCUT2D eigenvalue weighted by atomic mass is 127. The van der Waals surface area contributed by atoms with Crippen LogP contribution in [0.15, 0.2) is 23.8 Å². The molecule has 3 saturated carbocycles. The number of fused-ring (bicyclic) bond motifs is 5. The number of ether oxygens (including phenoxy) is 1. The molecule has 34 heavy (non-hydrogen) atoms. The van der Waals surface area contributed by atoms with E-state index >= 15 is 0 Å². The van der Waals surface area contributed by atoms with E-state index in [9.17, 15) is 19.8 Å². The highest BCUT2D eigenvalue weighted by molar-refractivity contribution is 14.1. The van der Waals surface area contributed by atoms with Gasteiger partial charge in [0.15, 0.2) is 15.3 Å². The number of ketones is 2. The number of alkyl halides is 1. The van der Waals surface area contributed by atoms with Crippen LogP contribution in [0, 0.1) is 34.5 Å². The van der Waals surface area contributed by atoms with Crippen LogP contribution < -0.4 is 5.73 Å². The van der Waals surface area contributed by atoms with E-state index in [0.29, 0.717) is 19.3 Å². The lowest BCUT2D eigenvalue weighted by atomic mass is 9.45. The molecule has 0 aromatic carbocycles. The molecule has 4 aliphatic rings. The normalized spacial score (nSPS) is 45.1. The van der Waals surface area contributed by atoms with Crippen molar-refractivity contribution in [2.24, 2.45) is 40.2 Å². The van der Waals surface area contributed by atoms with Crippen molar-refractivity contribution >= 4 is 34.2 Å². The summed E-state index contributed by atoms with van der Waals surface area (Å²) in [6.45, 7) is 8.13. The van der Waals surface area contributed by atoms with Crippen molar-refractivity contribution in [2.75, 3.05) is 6.61 Å². The predicted octanol–water partition coefficient (Wildman–Crippen LogP) is 4.07. The summed E-state index contributed by atoms with van der Waals surface area (Å²) in [5, 5.41) is 23.4. The van der Waals surface area contributed by atoms with Crippen LogP contribution in [0.4, 0.5) is 0 Å². The average molecular weight is 586 g/mol. The monoisotopic (exact) mass is 585 g/mol. The van der Waals surface area contributed by atoms with Crippen molar-refractivity contribution < 1.29 is 24.5 Å². The molecule has 4 aliphatic carbocycles. The fourth-order valence-corrected chi connectivity index (χ4v) is 8.54. The number of Topliss-reactive ketones (excluding diaryl/α,β-unsaturated/α-hetero) is 1. The molecular weight excluding hydrogens is 545 g/mol. The molecule has 9 atom stereocenters. The highest BCUT2D eigenvalue weighted by Gasteiger charge is 2.68. The fourth-order valence-electron chi connectivity index (χ4n) is 8.01. The van der Waals surface area contributed by atoms with Crippen LogP contribution in [0.1, 0.15) is 72.6 Å². The number of hydrogen-bond donors (Lipinski definition) is 3. The van der Waals surface area contributed by atoms with Crippen LogP contribution in [0.2, 0.25) is 0 Å². The van der Waals surface area contributed by atoms with E-state index in [1.807, 2.05) is 35.6 Å². The number of carbonyl (C=O) groups is 2. The van der Waals surface area contributed by atoms with E-state index in [2.05, 4.69) is 20.8 Å². The van der Waals surface area contributed by atoms with Gasteiger partial charge in [-0.15, -0.1) is 0 Å². The molecule has 4 rings (SSSR count). The number of rotatable bonds is 7. The molecule has 0 aromatic rings. The lowest BCUT2D eigenvalue weighted by Gasteiger charge is -2.60. The topological polar surface area (TPSA) is 110 Å². The standard InChI is InChI=1S/C27H40INO5/c1-5-6-9-27(28,29)34-15-22(32)26(33)11-8-19-18-12-16(2)20-13-17(30)7-10-24(20,3)23(18)21(31)14-25(19,26)4/h7,10,13,16,18-19,21,23,31,33H,5-6,8-9,11-12,14-15,29H2,1-4H3/t16-,18-,19-,21-,23+,24-,25-,26-,27?/m0/s1. The molecule has 0 aromatic heterocycles. The van der Waals surface area contributed by atoms with E-state index in [-0.39, 0.29) is 47.3 Å². The molecule has 0 spiro atoms. The SMILES string of the molecule is CCCCC(N)(I)OCC(=O)[C@@]1(O)CC[C@H]2[C@@H]3C[C@H](C)C4=CC(=O)C=C[C@]4(C)[C@H]3[C@@H](O)C[C@@]21C. The molecule has 4 N–H and O–H groups in total. The molecule has 3 fully saturated rings. The van der Waals surface area contributed by atoms with Gasteiger partial charge < -0.3 is 14.9 Å². The van der Waals surface area contributed by atoms with E-state index in [0.717, 1.165) is 31.3 Å². The van der Waals surface area contributed by atoms with Crippen LogP contribution >= 0.6 is 22.6 Å². The minimum absolute atomic E-state index is 0.0129. The predicted molar refractivity (Wildman–Crippen MR) is 139 cm³/mol. The Morgan fingerprint density at radius 1 is 1.38 bits per heavy atom. The first-order valence-corrected chi connectivity index (χ1v) is 13.9. The van der Waals surface area contributed by atoms with E-state index in [4.69, 9.17) is 10.5 Å². The van der Waals surface area contributed by atoms with Gasteiger partial charge in [-0.1, -0.05) is 45.8 Å². The number of allylic oxidation sites excluding steroid dienone is 4. The summed E-state index contributed by atoms with van der Waals surface area (Å²) in [6.07, 6.45) is 9.56. The Hall–Kier alpha value is -0.610. The van der Waals surface area contributed by atoms with Gasteiger partial charge in [0.2, 0.25) is 0 Å². The summed E-state index contributed by atoms with van der Waals surface area (Å²) in [4.78, 5) is 25.5.